The number of carbonyl (C=O) groups excluding carboxylic acids is 1. The van der Waals surface area contributed by atoms with Crippen LogP contribution in [0, 0.1) is 5.92 Å². The predicted molar refractivity (Wildman–Crippen MR) is 70.1 cm³/mol. The monoisotopic (exact) mass is 280 g/mol. The molecule has 3 heterocycles. The number of hydrogen-bond acceptors (Lipinski definition) is 4. The summed E-state index contributed by atoms with van der Waals surface area (Å²) in [7, 11) is 0. The lowest BCUT2D eigenvalue weighted by Gasteiger charge is -2.12. The van der Waals surface area contributed by atoms with Gasteiger partial charge in [0.2, 0.25) is 5.95 Å². The molecule has 0 unspecified atom stereocenters. The van der Waals surface area contributed by atoms with Crippen molar-refractivity contribution in [2.45, 2.75) is 19.4 Å². The summed E-state index contributed by atoms with van der Waals surface area (Å²) >= 11 is 5.86. The van der Waals surface area contributed by atoms with Crippen LogP contribution in [0.3, 0.4) is 0 Å². The highest BCUT2D eigenvalue weighted by molar-refractivity contribution is 6.30. The fourth-order valence-corrected chi connectivity index (χ4v) is 2.28. The van der Waals surface area contributed by atoms with Gasteiger partial charge in [-0.3, -0.25) is 10.1 Å². The van der Waals surface area contributed by atoms with Gasteiger partial charge in [-0.05, 0) is 24.5 Å². The van der Waals surface area contributed by atoms with Gasteiger partial charge >= 0.3 is 0 Å². The molecule has 1 saturated heterocycles. The minimum Gasteiger partial charge on any atom is -0.368 e. The number of nitrogens with one attached hydrogen (secondary N) is 1. The van der Waals surface area contributed by atoms with Crippen molar-refractivity contribution in [1.29, 1.82) is 0 Å². The standard InChI is InChI=1S/C12H13ClN4O2/c1-7-4-5-19-10(7)11(18)15-12-14-9-3-2-8(13)6-17(9)16-12/h2-3,6-7,10H,4-5H2,1H3,(H,15,16,18)/t7-,10+/m1/s1. The number of halogens is 1. The Kier molecular flexibility index (Phi) is 3.12. The lowest BCUT2D eigenvalue weighted by molar-refractivity contribution is -0.126. The molecule has 0 aliphatic carbocycles. The number of amides is 1. The third-order valence-corrected chi connectivity index (χ3v) is 3.40. The van der Waals surface area contributed by atoms with Crippen LogP contribution < -0.4 is 5.32 Å². The molecule has 0 radical (unpaired) electrons. The second kappa shape index (κ2) is 4.79. The van der Waals surface area contributed by atoms with E-state index in [4.69, 9.17) is 16.3 Å². The van der Waals surface area contributed by atoms with E-state index in [0.717, 1.165) is 6.42 Å². The quantitative estimate of drug-likeness (QED) is 0.910. The van der Waals surface area contributed by atoms with Crippen molar-refractivity contribution in [3.8, 4) is 0 Å². The molecule has 100 valence electrons. The summed E-state index contributed by atoms with van der Waals surface area (Å²) in [5.74, 6) is 0.272. The molecule has 1 N–H and O–H groups in total. The number of rotatable bonds is 2. The topological polar surface area (TPSA) is 68.5 Å². The van der Waals surface area contributed by atoms with Crippen LogP contribution in [0.5, 0.6) is 0 Å². The van der Waals surface area contributed by atoms with Crippen LogP contribution in [0.15, 0.2) is 18.3 Å². The summed E-state index contributed by atoms with van der Waals surface area (Å²) in [6, 6.07) is 3.46. The fourth-order valence-electron chi connectivity index (χ4n) is 2.12. The first-order chi connectivity index (χ1) is 9.13. The number of hydrogen-bond donors (Lipinski definition) is 1. The first-order valence-corrected chi connectivity index (χ1v) is 6.46. The maximum Gasteiger partial charge on any atom is 0.256 e. The van der Waals surface area contributed by atoms with E-state index in [1.165, 1.54) is 4.52 Å². The van der Waals surface area contributed by atoms with Crippen LogP contribution in [0.2, 0.25) is 5.02 Å². The Labute approximate surface area is 114 Å². The first-order valence-electron chi connectivity index (χ1n) is 6.08. The van der Waals surface area contributed by atoms with Gasteiger partial charge in [0.15, 0.2) is 5.65 Å². The number of ether oxygens (including phenoxy) is 1. The van der Waals surface area contributed by atoms with Crippen molar-refractivity contribution in [2.75, 3.05) is 11.9 Å². The van der Waals surface area contributed by atoms with Gasteiger partial charge in [-0.2, -0.15) is 4.98 Å². The Bertz CT molecular complexity index is 627. The predicted octanol–water partition coefficient (Wildman–Crippen LogP) is 1.75. The number of anilines is 1. The summed E-state index contributed by atoms with van der Waals surface area (Å²) in [5.41, 5.74) is 0.625. The summed E-state index contributed by atoms with van der Waals surface area (Å²) < 4.78 is 6.92. The molecule has 1 aliphatic heterocycles. The summed E-state index contributed by atoms with van der Waals surface area (Å²) in [6.07, 6.45) is 2.11. The maximum atomic E-state index is 12.0. The lowest BCUT2D eigenvalue weighted by atomic mass is 10.0. The molecule has 1 aliphatic rings. The van der Waals surface area contributed by atoms with E-state index in [-0.39, 0.29) is 17.8 Å². The van der Waals surface area contributed by atoms with Gasteiger partial charge in [-0.15, -0.1) is 5.10 Å². The van der Waals surface area contributed by atoms with Crippen molar-refractivity contribution in [2.24, 2.45) is 5.92 Å². The molecule has 7 heteroatoms. The van der Waals surface area contributed by atoms with Crippen LogP contribution in [0.4, 0.5) is 5.95 Å². The largest absolute Gasteiger partial charge is 0.368 e. The van der Waals surface area contributed by atoms with E-state index < -0.39 is 6.10 Å². The highest BCUT2D eigenvalue weighted by atomic mass is 35.5. The Balaban J connectivity index is 1.79. The van der Waals surface area contributed by atoms with Crippen LogP contribution in [-0.4, -0.2) is 33.2 Å². The van der Waals surface area contributed by atoms with Gasteiger partial charge in [0.05, 0.1) is 5.02 Å². The Morgan fingerprint density at radius 1 is 1.58 bits per heavy atom. The summed E-state index contributed by atoms with van der Waals surface area (Å²) in [6.45, 7) is 2.61. The smallest absolute Gasteiger partial charge is 0.256 e. The molecular formula is C12H13ClN4O2. The molecule has 0 bridgehead atoms. The minimum atomic E-state index is -0.421. The molecule has 0 aromatic carbocycles. The van der Waals surface area contributed by atoms with Gasteiger partial charge < -0.3 is 4.74 Å². The molecule has 0 saturated carbocycles. The highest BCUT2D eigenvalue weighted by Crippen LogP contribution is 2.21. The molecule has 1 fully saturated rings. The van der Waals surface area contributed by atoms with E-state index in [9.17, 15) is 4.79 Å². The fraction of sp³-hybridized carbons (Fsp3) is 0.417. The molecule has 6 nitrogen and oxygen atoms in total. The van der Waals surface area contributed by atoms with E-state index in [2.05, 4.69) is 15.4 Å². The summed E-state index contributed by atoms with van der Waals surface area (Å²) in [4.78, 5) is 16.2. The molecule has 3 rings (SSSR count). The normalized spacial score (nSPS) is 22.8. The van der Waals surface area contributed by atoms with Crippen LogP contribution in [0.1, 0.15) is 13.3 Å². The number of pyridine rings is 1. The van der Waals surface area contributed by atoms with Gasteiger partial charge in [0.25, 0.3) is 5.91 Å². The van der Waals surface area contributed by atoms with Crippen molar-refractivity contribution < 1.29 is 9.53 Å². The minimum absolute atomic E-state index is 0.202. The first kappa shape index (κ1) is 12.4. The lowest BCUT2D eigenvalue weighted by Crippen LogP contribution is -2.31. The third-order valence-electron chi connectivity index (χ3n) is 3.18. The van der Waals surface area contributed by atoms with E-state index in [0.29, 0.717) is 17.3 Å². The zero-order valence-corrected chi connectivity index (χ0v) is 11.1. The van der Waals surface area contributed by atoms with Crippen molar-refractivity contribution >= 4 is 29.1 Å². The SMILES string of the molecule is C[C@@H]1CCO[C@@H]1C(=O)Nc1nc2ccc(Cl)cn2n1. The van der Waals surface area contributed by atoms with Gasteiger partial charge in [0, 0.05) is 12.8 Å². The van der Waals surface area contributed by atoms with Gasteiger partial charge in [-0.1, -0.05) is 18.5 Å². The molecule has 1 amide bonds. The maximum absolute atomic E-state index is 12.0. The zero-order chi connectivity index (χ0) is 13.4. The average Bonchev–Trinajstić information content (AvgIpc) is 2.94. The third kappa shape index (κ3) is 2.41. The number of fused-ring (bicyclic) bond motifs is 1. The number of nitrogens with zero attached hydrogens (tertiary/aromatic N) is 3. The molecular weight excluding hydrogens is 268 g/mol. The molecule has 19 heavy (non-hydrogen) atoms. The zero-order valence-electron chi connectivity index (χ0n) is 10.3. The van der Waals surface area contributed by atoms with E-state index in [1.54, 1.807) is 18.3 Å². The van der Waals surface area contributed by atoms with Crippen molar-refractivity contribution in [3.63, 3.8) is 0 Å². The molecule has 2 aromatic rings. The van der Waals surface area contributed by atoms with E-state index >= 15 is 0 Å². The highest BCUT2D eigenvalue weighted by Gasteiger charge is 2.31. The second-order valence-electron chi connectivity index (χ2n) is 4.63. The number of carbonyl (C=O) groups is 1. The van der Waals surface area contributed by atoms with Crippen molar-refractivity contribution in [3.05, 3.63) is 23.4 Å². The van der Waals surface area contributed by atoms with Crippen LogP contribution in [0.25, 0.3) is 5.65 Å². The average molecular weight is 281 g/mol. The summed E-state index contributed by atoms with van der Waals surface area (Å²) in [5, 5.41) is 7.38. The molecule has 2 atom stereocenters. The molecule has 2 aromatic heterocycles. The number of aromatic nitrogens is 3. The Hall–Kier alpha value is -1.66. The van der Waals surface area contributed by atoms with E-state index in [1.807, 2.05) is 6.92 Å². The second-order valence-corrected chi connectivity index (χ2v) is 5.07. The van der Waals surface area contributed by atoms with Gasteiger partial charge in [0.1, 0.15) is 6.10 Å². The molecule has 0 spiro atoms. The van der Waals surface area contributed by atoms with Crippen molar-refractivity contribution in [1.82, 2.24) is 14.6 Å². The Morgan fingerprint density at radius 2 is 2.42 bits per heavy atom. The van der Waals surface area contributed by atoms with Gasteiger partial charge in [-0.25, -0.2) is 4.52 Å². The Morgan fingerprint density at radius 3 is 3.16 bits per heavy atom. The van der Waals surface area contributed by atoms with Crippen LogP contribution in [-0.2, 0) is 9.53 Å². The van der Waals surface area contributed by atoms with Crippen LogP contribution >= 0.6 is 11.6 Å².